The molecule has 0 unspecified atom stereocenters. The van der Waals surface area contributed by atoms with Crippen LogP contribution < -0.4 is 0 Å². The summed E-state index contributed by atoms with van der Waals surface area (Å²) in [7, 11) is 0. The minimum absolute atomic E-state index is 0.0833. The van der Waals surface area contributed by atoms with Crippen molar-refractivity contribution in [2.24, 2.45) is 0 Å². The Kier molecular flexibility index (Phi) is 8.94. The van der Waals surface area contributed by atoms with Gasteiger partial charge >= 0.3 is 11.9 Å². The molecule has 4 nitrogen and oxygen atoms in total. The first-order chi connectivity index (χ1) is 8.96. The van der Waals surface area contributed by atoms with Crippen molar-refractivity contribution in [2.75, 3.05) is 0 Å². The Morgan fingerprint density at radius 2 is 1.11 bits per heavy atom. The van der Waals surface area contributed by atoms with E-state index in [9.17, 15) is 9.59 Å². The molecule has 0 saturated carbocycles. The molecule has 1 aromatic carbocycles. The van der Waals surface area contributed by atoms with Crippen LogP contribution in [0.15, 0.2) is 24.3 Å². The predicted molar refractivity (Wildman–Crippen MR) is 77.6 cm³/mol. The molecule has 104 valence electrons. The van der Waals surface area contributed by atoms with E-state index in [1.54, 1.807) is 0 Å². The number of hydrogen-bond acceptors (Lipinski definition) is 2. The van der Waals surface area contributed by atoms with Gasteiger partial charge in [0.25, 0.3) is 14.1 Å². The number of hydrogen-bond donors (Lipinski definition) is 2. The van der Waals surface area contributed by atoms with Gasteiger partial charge in [0.15, 0.2) is 0 Å². The highest BCUT2D eigenvalue weighted by Gasteiger charge is 2.06. The Balaban J connectivity index is 0.000000399. The van der Waals surface area contributed by atoms with Crippen LogP contribution in [0.4, 0.5) is 0 Å². The Hall–Kier alpha value is -1.31. The van der Waals surface area contributed by atoms with Crippen LogP contribution in [0.2, 0.25) is 15.8 Å². The van der Waals surface area contributed by atoms with Crippen LogP contribution in [0.5, 0.6) is 0 Å². The third-order valence-electron chi connectivity index (χ3n) is 3.11. The summed E-state index contributed by atoms with van der Waals surface area (Å²) >= 11 is -0.171. The minimum atomic E-state index is -1.06. The fourth-order valence-electron chi connectivity index (χ4n) is 1.62. The summed E-state index contributed by atoms with van der Waals surface area (Å²) in [5.74, 6) is -2.13. The lowest BCUT2D eigenvalue weighted by atomic mass is 10.1. The second-order valence-corrected chi connectivity index (χ2v) is 8.46. The van der Waals surface area contributed by atoms with Crippen LogP contribution in [0.25, 0.3) is 0 Å². The van der Waals surface area contributed by atoms with Crippen molar-refractivity contribution in [3.8, 4) is 0 Å². The third kappa shape index (κ3) is 7.00. The van der Waals surface area contributed by atoms with E-state index in [4.69, 9.17) is 10.2 Å². The van der Waals surface area contributed by atoms with Crippen LogP contribution in [-0.2, 0) is 0 Å². The Morgan fingerprint density at radius 3 is 1.21 bits per heavy atom. The van der Waals surface area contributed by atoms with Gasteiger partial charge in [0, 0.05) is 0 Å². The van der Waals surface area contributed by atoms with E-state index in [0.717, 1.165) is 0 Å². The van der Waals surface area contributed by atoms with Crippen molar-refractivity contribution in [3.63, 3.8) is 0 Å². The maximum atomic E-state index is 10.3. The highest BCUT2D eigenvalue weighted by molar-refractivity contribution is 6.58. The average Bonchev–Trinajstić information content (AvgIpc) is 2.41. The molecule has 0 amide bonds. The molecule has 0 aliphatic rings. The molecule has 0 aliphatic carbocycles. The summed E-state index contributed by atoms with van der Waals surface area (Å²) in [6, 6.07) is 5.02. The molecule has 1 aromatic rings. The van der Waals surface area contributed by atoms with Gasteiger partial charge < -0.3 is 10.2 Å². The Labute approximate surface area is 118 Å². The molecule has 0 aromatic heterocycles. The molecule has 2 N–H and O–H groups in total. The zero-order valence-electron chi connectivity index (χ0n) is 11.7. The Morgan fingerprint density at radius 1 is 0.842 bits per heavy atom. The van der Waals surface area contributed by atoms with Crippen molar-refractivity contribution < 1.29 is 19.8 Å². The largest absolute Gasteiger partial charge is 0.478 e. The molecule has 0 heterocycles. The topological polar surface area (TPSA) is 74.6 Å². The van der Waals surface area contributed by atoms with Gasteiger partial charge in [-0.15, -0.1) is 0 Å². The van der Waals surface area contributed by atoms with Crippen LogP contribution in [-0.4, -0.2) is 36.3 Å². The van der Waals surface area contributed by atoms with Crippen molar-refractivity contribution in [1.29, 1.82) is 0 Å². The second-order valence-electron chi connectivity index (χ2n) is 4.28. The van der Waals surface area contributed by atoms with Crippen molar-refractivity contribution in [1.82, 2.24) is 0 Å². The molecule has 5 heteroatoms. The molecule has 0 fully saturated rings. The minimum Gasteiger partial charge on any atom is -0.478 e. The second kappa shape index (κ2) is 9.60. The molecular formula is C14H21AlO4. The highest BCUT2D eigenvalue weighted by Crippen LogP contribution is 2.03. The summed E-state index contributed by atoms with van der Waals surface area (Å²) in [5.41, 5.74) is 0.167. The smallest absolute Gasteiger partial charge is 0.335 e. The van der Waals surface area contributed by atoms with Crippen LogP contribution in [0, 0.1) is 0 Å². The first-order valence-corrected chi connectivity index (χ1v) is 8.97. The Bertz CT molecular complexity index is 358. The van der Waals surface area contributed by atoms with Gasteiger partial charge in [-0.2, -0.15) is 0 Å². The number of carboxylic acid groups (broad SMARTS) is 2. The summed E-state index contributed by atoms with van der Waals surface area (Å²) in [6.45, 7) is 6.97. The van der Waals surface area contributed by atoms with Gasteiger partial charge in [0.05, 0.1) is 11.1 Å². The number of rotatable bonds is 5. The van der Waals surface area contributed by atoms with Crippen molar-refractivity contribution in [2.45, 2.75) is 36.6 Å². The highest BCUT2D eigenvalue weighted by atomic mass is 27.2. The fraction of sp³-hybridized carbons (Fsp3) is 0.429. The maximum Gasteiger partial charge on any atom is 0.335 e. The summed E-state index contributed by atoms with van der Waals surface area (Å²) in [6.07, 6.45) is 0. The van der Waals surface area contributed by atoms with E-state index in [-0.39, 0.29) is 25.3 Å². The van der Waals surface area contributed by atoms with Crippen LogP contribution >= 0.6 is 0 Å². The number of carboxylic acids is 2. The van der Waals surface area contributed by atoms with Crippen LogP contribution in [0.1, 0.15) is 41.5 Å². The lowest BCUT2D eigenvalue weighted by molar-refractivity contribution is 0.0681. The van der Waals surface area contributed by atoms with E-state index >= 15 is 0 Å². The number of carbonyl (C=O) groups is 2. The van der Waals surface area contributed by atoms with Gasteiger partial charge in [-0.05, 0) is 24.3 Å². The van der Waals surface area contributed by atoms with E-state index < -0.39 is 11.9 Å². The molecule has 19 heavy (non-hydrogen) atoms. The third-order valence-corrected chi connectivity index (χ3v) is 6.57. The first kappa shape index (κ1) is 17.7. The normalized spacial score (nSPS) is 9.21. The fourth-order valence-corrected chi connectivity index (χ4v) is 3.35. The average molecular weight is 280 g/mol. The van der Waals surface area contributed by atoms with Gasteiger partial charge in [0.1, 0.15) is 0 Å². The first-order valence-electron chi connectivity index (χ1n) is 6.52. The quantitative estimate of drug-likeness (QED) is 0.808. The molecule has 0 bridgehead atoms. The molecule has 1 rings (SSSR count). The summed E-state index contributed by atoms with van der Waals surface area (Å²) < 4.78 is 0. The molecule has 0 spiro atoms. The van der Waals surface area contributed by atoms with Gasteiger partial charge in [-0.3, -0.25) is 0 Å². The van der Waals surface area contributed by atoms with Gasteiger partial charge in [-0.25, -0.2) is 9.59 Å². The number of benzene rings is 1. The summed E-state index contributed by atoms with van der Waals surface area (Å²) in [4.78, 5) is 20.7. The summed E-state index contributed by atoms with van der Waals surface area (Å²) in [5, 5.41) is 21.4. The zero-order valence-corrected chi connectivity index (χ0v) is 12.9. The van der Waals surface area contributed by atoms with Crippen molar-refractivity contribution in [3.05, 3.63) is 35.4 Å². The van der Waals surface area contributed by atoms with Crippen LogP contribution in [0.3, 0.4) is 0 Å². The van der Waals surface area contributed by atoms with E-state index in [1.807, 2.05) is 0 Å². The molecular weight excluding hydrogens is 259 g/mol. The molecule has 0 saturated heterocycles. The molecule has 0 radical (unpaired) electrons. The monoisotopic (exact) mass is 280 g/mol. The van der Waals surface area contributed by atoms with Crippen molar-refractivity contribution >= 4 is 26.1 Å². The van der Waals surface area contributed by atoms with Gasteiger partial charge in [0.2, 0.25) is 0 Å². The lowest BCUT2D eigenvalue weighted by Crippen LogP contribution is -2.04. The SMILES string of the molecule is C[CH2][Al]([CH2]C)[CH2]C.O=C(O)c1ccc(C(=O)O)cc1. The predicted octanol–water partition coefficient (Wildman–Crippen LogP) is 3.62. The number of aromatic carboxylic acids is 2. The zero-order chi connectivity index (χ0) is 14.8. The lowest BCUT2D eigenvalue weighted by Gasteiger charge is -1.97. The van der Waals surface area contributed by atoms with E-state index in [2.05, 4.69) is 20.8 Å². The van der Waals surface area contributed by atoms with Gasteiger partial charge in [-0.1, -0.05) is 36.6 Å². The van der Waals surface area contributed by atoms with E-state index in [1.165, 1.54) is 40.1 Å². The standard InChI is InChI=1S/C8H6O4.3C2H5.Al/c9-7(10)5-1-2-6(4-3-5)8(11)12;3*1-2;/h1-4H,(H,9,10)(H,11,12);3*1H2,2H3;. The molecule has 0 atom stereocenters. The molecule has 0 aliphatic heterocycles. The maximum absolute atomic E-state index is 10.3. The van der Waals surface area contributed by atoms with E-state index in [0.29, 0.717) is 0 Å².